The summed E-state index contributed by atoms with van der Waals surface area (Å²) in [5.74, 6) is -1.02. The Morgan fingerprint density at radius 1 is 1.24 bits per heavy atom. The van der Waals surface area contributed by atoms with Gasteiger partial charge in [-0.25, -0.2) is 0 Å². The van der Waals surface area contributed by atoms with Crippen molar-refractivity contribution < 1.29 is 19.4 Å². The van der Waals surface area contributed by atoms with Crippen molar-refractivity contribution in [3.8, 4) is 5.75 Å². The Labute approximate surface area is 100 Å². The normalized spacial score (nSPS) is 11.0. The fourth-order valence-corrected chi connectivity index (χ4v) is 1.17. The summed E-state index contributed by atoms with van der Waals surface area (Å²) in [5.41, 5.74) is -0.117. The minimum absolute atomic E-state index is 0.159. The van der Waals surface area contributed by atoms with Gasteiger partial charge in [0, 0.05) is 5.56 Å². The molecule has 1 aromatic rings. The van der Waals surface area contributed by atoms with Gasteiger partial charge in [0.2, 0.25) is 0 Å². The van der Waals surface area contributed by atoms with Gasteiger partial charge in [-0.15, -0.1) is 0 Å². The Morgan fingerprint density at radius 2 is 1.82 bits per heavy atom. The standard InChI is InChI=1S/C13H16O4/c1-13(2,3)12(16)17-10-7-5-4-6-9(10)8-11(14)15/h4-7H,8H2,1-3H3,(H,14,15). The largest absolute Gasteiger partial charge is 0.481 e. The molecule has 0 heterocycles. The predicted molar refractivity (Wildman–Crippen MR) is 62.9 cm³/mol. The van der Waals surface area contributed by atoms with Gasteiger partial charge in [-0.2, -0.15) is 0 Å². The third-order valence-electron chi connectivity index (χ3n) is 2.13. The summed E-state index contributed by atoms with van der Waals surface area (Å²) in [6, 6.07) is 6.66. The summed E-state index contributed by atoms with van der Waals surface area (Å²) in [5, 5.41) is 8.74. The first-order valence-corrected chi connectivity index (χ1v) is 5.32. The number of carbonyl (C=O) groups is 2. The second kappa shape index (κ2) is 4.99. The lowest BCUT2D eigenvalue weighted by Gasteiger charge is -2.17. The summed E-state index contributed by atoms with van der Waals surface area (Å²) in [7, 11) is 0. The maximum atomic E-state index is 11.7. The van der Waals surface area contributed by atoms with Crippen LogP contribution < -0.4 is 4.74 Å². The molecule has 1 N–H and O–H groups in total. The van der Waals surface area contributed by atoms with Gasteiger partial charge in [-0.3, -0.25) is 9.59 Å². The molecule has 0 saturated carbocycles. The molecule has 0 saturated heterocycles. The van der Waals surface area contributed by atoms with Crippen LogP contribution in [0.2, 0.25) is 0 Å². The maximum Gasteiger partial charge on any atom is 0.316 e. The van der Waals surface area contributed by atoms with E-state index in [4.69, 9.17) is 9.84 Å². The molecule has 0 amide bonds. The molecule has 4 heteroatoms. The molecule has 0 unspecified atom stereocenters. The van der Waals surface area contributed by atoms with E-state index in [1.54, 1.807) is 45.0 Å². The van der Waals surface area contributed by atoms with Gasteiger partial charge in [0.1, 0.15) is 5.75 Å². The van der Waals surface area contributed by atoms with Crippen LogP contribution in [0, 0.1) is 5.41 Å². The van der Waals surface area contributed by atoms with Crippen LogP contribution in [0.5, 0.6) is 5.75 Å². The number of benzene rings is 1. The molecular formula is C13H16O4. The Bertz CT molecular complexity index is 429. The van der Waals surface area contributed by atoms with Gasteiger partial charge < -0.3 is 9.84 Å². The van der Waals surface area contributed by atoms with Crippen molar-refractivity contribution in [1.82, 2.24) is 0 Å². The van der Waals surface area contributed by atoms with Gasteiger partial charge >= 0.3 is 11.9 Å². The lowest BCUT2D eigenvalue weighted by Crippen LogP contribution is -2.26. The molecule has 0 bridgehead atoms. The smallest absolute Gasteiger partial charge is 0.316 e. The first-order chi connectivity index (χ1) is 7.80. The Balaban J connectivity index is 2.91. The summed E-state index contributed by atoms with van der Waals surface area (Å²) in [6.07, 6.45) is -0.159. The highest BCUT2D eigenvalue weighted by atomic mass is 16.5. The average Bonchev–Trinajstić information content (AvgIpc) is 2.18. The van der Waals surface area contributed by atoms with Crippen molar-refractivity contribution in [2.24, 2.45) is 5.41 Å². The van der Waals surface area contributed by atoms with Crippen LogP contribution in [-0.2, 0) is 16.0 Å². The lowest BCUT2D eigenvalue weighted by molar-refractivity contribution is -0.143. The van der Waals surface area contributed by atoms with Crippen LogP contribution in [0.3, 0.4) is 0 Å². The first-order valence-electron chi connectivity index (χ1n) is 5.32. The number of hydrogen-bond acceptors (Lipinski definition) is 3. The number of carbonyl (C=O) groups excluding carboxylic acids is 1. The summed E-state index contributed by atoms with van der Waals surface area (Å²) in [6.45, 7) is 5.24. The number of esters is 1. The second-order valence-electron chi connectivity index (χ2n) is 4.82. The van der Waals surface area contributed by atoms with E-state index >= 15 is 0 Å². The SMILES string of the molecule is CC(C)(C)C(=O)Oc1ccccc1CC(=O)O. The molecular weight excluding hydrogens is 220 g/mol. The Kier molecular flexibility index (Phi) is 3.89. The quantitative estimate of drug-likeness (QED) is 0.646. The molecule has 0 aliphatic heterocycles. The van der Waals surface area contributed by atoms with E-state index in [1.807, 2.05) is 0 Å². The summed E-state index contributed by atoms with van der Waals surface area (Å²) < 4.78 is 5.21. The third-order valence-corrected chi connectivity index (χ3v) is 2.13. The van der Waals surface area contributed by atoms with Crippen LogP contribution in [0.25, 0.3) is 0 Å². The number of hydrogen-bond donors (Lipinski definition) is 1. The second-order valence-corrected chi connectivity index (χ2v) is 4.82. The highest BCUT2D eigenvalue weighted by Gasteiger charge is 2.24. The molecule has 4 nitrogen and oxygen atoms in total. The fraction of sp³-hybridized carbons (Fsp3) is 0.385. The minimum atomic E-state index is -0.954. The monoisotopic (exact) mass is 236 g/mol. The average molecular weight is 236 g/mol. The van der Waals surface area contributed by atoms with Crippen LogP contribution in [0.15, 0.2) is 24.3 Å². The number of ether oxygens (including phenoxy) is 1. The molecule has 17 heavy (non-hydrogen) atoms. The molecule has 0 aliphatic rings. The van der Waals surface area contributed by atoms with Gasteiger partial charge in [0.25, 0.3) is 0 Å². The zero-order valence-electron chi connectivity index (χ0n) is 10.2. The molecule has 0 atom stereocenters. The van der Waals surface area contributed by atoms with Crippen LogP contribution in [0.1, 0.15) is 26.3 Å². The van der Waals surface area contributed by atoms with E-state index in [0.29, 0.717) is 11.3 Å². The van der Waals surface area contributed by atoms with E-state index in [2.05, 4.69) is 0 Å². The van der Waals surface area contributed by atoms with Gasteiger partial charge in [0.05, 0.1) is 11.8 Å². The van der Waals surface area contributed by atoms with Crippen molar-refractivity contribution in [1.29, 1.82) is 0 Å². The van der Waals surface area contributed by atoms with E-state index < -0.39 is 11.4 Å². The van der Waals surface area contributed by atoms with Crippen LogP contribution in [0.4, 0.5) is 0 Å². The number of rotatable bonds is 3. The molecule has 0 aliphatic carbocycles. The van der Waals surface area contributed by atoms with Crippen molar-refractivity contribution in [3.05, 3.63) is 29.8 Å². The number of carboxylic acids is 1. The number of carboxylic acid groups (broad SMARTS) is 1. The zero-order valence-corrected chi connectivity index (χ0v) is 10.2. The van der Waals surface area contributed by atoms with Gasteiger partial charge in [-0.05, 0) is 26.8 Å². The molecule has 0 spiro atoms. The van der Waals surface area contributed by atoms with Crippen molar-refractivity contribution in [2.45, 2.75) is 27.2 Å². The van der Waals surface area contributed by atoms with Crippen molar-refractivity contribution in [2.75, 3.05) is 0 Å². The molecule has 92 valence electrons. The third kappa shape index (κ3) is 3.90. The Hall–Kier alpha value is -1.84. The van der Waals surface area contributed by atoms with E-state index in [-0.39, 0.29) is 12.4 Å². The zero-order chi connectivity index (χ0) is 13.1. The van der Waals surface area contributed by atoms with Gasteiger partial charge in [0.15, 0.2) is 0 Å². The van der Waals surface area contributed by atoms with E-state index in [0.717, 1.165) is 0 Å². The highest BCUT2D eigenvalue weighted by molar-refractivity contribution is 5.79. The molecule has 0 aromatic heterocycles. The first kappa shape index (κ1) is 13.2. The van der Waals surface area contributed by atoms with Crippen molar-refractivity contribution >= 4 is 11.9 Å². The van der Waals surface area contributed by atoms with Gasteiger partial charge in [-0.1, -0.05) is 18.2 Å². The summed E-state index contributed by atoms with van der Waals surface area (Å²) in [4.78, 5) is 22.4. The number of para-hydroxylation sites is 1. The van der Waals surface area contributed by atoms with Crippen LogP contribution in [-0.4, -0.2) is 17.0 Å². The molecule has 1 aromatic carbocycles. The number of aliphatic carboxylic acids is 1. The fourth-order valence-electron chi connectivity index (χ4n) is 1.17. The van der Waals surface area contributed by atoms with E-state index in [9.17, 15) is 9.59 Å². The van der Waals surface area contributed by atoms with Crippen molar-refractivity contribution in [3.63, 3.8) is 0 Å². The molecule has 0 fully saturated rings. The highest BCUT2D eigenvalue weighted by Crippen LogP contribution is 2.23. The maximum absolute atomic E-state index is 11.7. The molecule has 0 radical (unpaired) electrons. The minimum Gasteiger partial charge on any atom is -0.481 e. The van der Waals surface area contributed by atoms with E-state index in [1.165, 1.54) is 0 Å². The predicted octanol–water partition coefficient (Wildman–Crippen LogP) is 2.27. The van der Waals surface area contributed by atoms with Crippen LogP contribution >= 0.6 is 0 Å². The summed E-state index contributed by atoms with van der Waals surface area (Å²) >= 11 is 0. The molecule has 1 rings (SSSR count). The Morgan fingerprint density at radius 3 is 2.35 bits per heavy atom. The lowest BCUT2D eigenvalue weighted by atomic mass is 9.97. The topological polar surface area (TPSA) is 63.6 Å².